The number of nitrogens with one attached hydrogen (secondary N) is 2. The normalized spacial score (nSPS) is 11.2. The van der Waals surface area contributed by atoms with Gasteiger partial charge in [0, 0.05) is 29.9 Å². The third-order valence-corrected chi connectivity index (χ3v) is 4.85. The molecule has 2 N–H and O–H groups in total. The average molecular weight is 502 g/mol. The van der Waals surface area contributed by atoms with Crippen LogP contribution < -0.4 is 15.4 Å². The van der Waals surface area contributed by atoms with Gasteiger partial charge in [0.05, 0.1) is 13.2 Å². The Hall–Kier alpha value is -1.32. The highest BCUT2D eigenvalue weighted by Crippen LogP contribution is 2.14. The minimum atomic E-state index is 0. The second kappa shape index (κ2) is 13.0. The predicted molar refractivity (Wildman–Crippen MR) is 127 cm³/mol. The lowest BCUT2D eigenvalue weighted by Gasteiger charge is -2.12. The summed E-state index contributed by atoms with van der Waals surface area (Å²) in [5, 5.41) is 6.69. The van der Waals surface area contributed by atoms with Crippen LogP contribution in [0.5, 0.6) is 5.75 Å². The summed E-state index contributed by atoms with van der Waals surface area (Å²) in [6.45, 7) is 5.42. The minimum Gasteiger partial charge on any atom is -0.494 e. The van der Waals surface area contributed by atoms with E-state index in [-0.39, 0.29) is 24.0 Å². The number of hydrogen-bond donors (Lipinski definition) is 2. The Balaban J connectivity index is 0.00000364. The van der Waals surface area contributed by atoms with Crippen molar-refractivity contribution < 1.29 is 4.74 Å². The molecule has 0 saturated heterocycles. The number of hydrogen-bond acceptors (Lipinski definition) is 4. The zero-order valence-electron chi connectivity index (χ0n) is 16.6. The molecule has 1 aromatic heterocycles. The number of aliphatic imine (C=N–C) groups is 1. The maximum absolute atomic E-state index is 5.77. The number of benzene rings is 1. The summed E-state index contributed by atoms with van der Waals surface area (Å²) >= 11 is 1.80. The Labute approximate surface area is 184 Å². The lowest BCUT2D eigenvalue weighted by molar-refractivity contribution is 0.281. The zero-order valence-corrected chi connectivity index (χ0v) is 19.8. The van der Waals surface area contributed by atoms with E-state index < -0.39 is 0 Å². The Morgan fingerprint density at radius 1 is 1.07 bits per heavy atom. The van der Waals surface area contributed by atoms with E-state index in [9.17, 15) is 0 Å². The number of thiophene rings is 1. The predicted octanol–water partition coefficient (Wildman–Crippen LogP) is 3.87. The molecule has 2 aromatic rings. The summed E-state index contributed by atoms with van der Waals surface area (Å²) in [4.78, 5) is 9.08. The van der Waals surface area contributed by atoms with Gasteiger partial charge >= 0.3 is 0 Å². The van der Waals surface area contributed by atoms with Crippen molar-refractivity contribution in [2.75, 3.05) is 34.3 Å². The van der Waals surface area contributed by atoms with Gasteiger partial charge in [0.25, 0.3) is 0 Å². The van der Waals surface area contributed by atoms with Gasteiger partial charge in [-0.1, -0.05) is 12.1 Å². The van der Waals surface area contributed by atoms with Gasteiger partial charge in [0.2, 0.25) is 0 Å². The zero-order chi connectivity index (χ0) is 18.8. The lowest BCUT2D eigenvalue weighted by atomic mass is 10.2. The van der Waals surface area contributed by atoms with Gasteiger partial charge in [-0.2, -0.15) is 0 Å². The molecular formula is C20H31IN4OS. The molecule has 0 amide bonds. The summed E-state index contributed by atoms with van der Waals surface area (Å²) in [5.41, 5.74) is 1.19. The van der Waals surface area contributed by atoms with Gasteiger partial charge in [-0.15, -0.1) is 35.3 Å². The fourth-order valence-electron chi connectivity index (χ4n) is 2.43. The molecule has 5 nitrogen and oxygen atoms in total. The van der Waals surface area contributed by atoms with Crippen molar-refractivity contribution in [3.05, 3.63) is 51.7 Å². The van der Waals surface area contributed by atoms with Crippen molar-refractivity contribution in [3.63, 3.8) is 0 Å². The van der Waals surface area contributed by atoms with E-state index in [4.69, 9.17) is 4.74 Å². The third-order valence-electron chi connectivity index (χ3n) is 3.85. The fourth-order valence-corrected chi connectivity index (χ4v) is 3.26. The van der Waals surface area contributed by atoms with E-state index in [1.165, 1.54) is 15.3 Å². The molecule has 150 valence electrons. The molecule has 0 fully saturated rings. The minimum absolute atomic E-state index is 0. The van der Waals surface area contributed by atoms with Crippen molar-refractivity contribution in [2.45, 2.75) is 26.4 Å². The molecule has 0 atom stereocenters. The number of aryl methyl sites for hydroxylation is 1. The van der Waals surface area contributed by atoms with E-state index in [0.29, 0.717) is 0 Å². The molecule has 0 unspecified atom stereocenters. The monoisotopic (exact) mass is 502 g/mol. The third kappa shape index (κ3) is 9.44. The SMILES string of the molecule is CN=C(NCc1ccc(OCCCN(C)C)cc1)NCc1ccc(C)s1.I. The van der Waals surface area contributed by atoms with Crippen molar-refractivity contribution in [1.82, 2.24) is 15.5 Å². The van der Waals surface area contributed by atoms with Gasteiger partial charge in [-0.3, -0.25) is 4.99 Å². The molecule has 0 aliphatic rings. The first-order valence-electron chi connectivity index (χ1n) is 8.93. The van der Waals surface area contributed by atoms with Crippen LogP contribution in [0.1, 0.15) is 21.7 Å². The first-order chi connectivity index (χ1) is 12.6. The Kier molecular flexibility index (Phi) is 11.4. The van der Waals surface area contributed by atoms with Gasteiger partial charge < -0.3 is 20.3 Å². The number of nitrogens with zero attached hydrogens (tertiary/aromatic N) is 2. The summed E-state index contributed by atoms with van der Waals surface area (Å²) in [7, 11) is 5.94. The topological polar surface area (TPSA) is 48.9 Å². The Morgan fingerprint density at radius 2 is 1.78 bits per heavy atom. The van der Waals surface area contributed by atoms with Gasteiger partial charge in [0.15, 0.2) is 5.96 Å². The summed E-state index contributed by atoms with van der Waals surface area (Å²) < 4.78 is 5.77. The molecule has 0 radical (unpaired) electrons. The van der Waals surface area contributed by atoms with Crippen molar-refractivity contribution in [2.24, 2.45) is 4.99 Å². The van der Waals surface area contributed by atoms with E-state index in [2.05, 4.69) is 65.8 Å². The summed E-state index contributed by atoms with van der Waals surface area (Å²) in [5.74, 6) is 1.73. The molecule has 1 aromatic carbocycles. The molecule has 0 aliphatic heterocycles. The largest absolute Gasteiger partial charge is 0.494 e. The highest BCUT2D eigenvalue weighted by molar-refractivity contribution is 14.0. The van der Waals surface area contributed by atoms with Crippen molar-refractivity contribution in [1.29, 1.82) is 0 Å². The Morgan fingerprint density at radius 3 is 2.37 bits per heavy atom. The highest BCUT2D eigenvalue weighted by Gasteiger charge is 2.02. The van der Waals surface area contributed by atoms with Crippen molar-refractivity contribution in [3.8, 4) is 5.75 Å². The second-order valence-corrected chi connectivity index (χ2v) is 7.81. The van der Waals surface area contributed by atoms with Crippen LogP contribution >= 0.6 is 35.3 Å². The molecular weight excluding hydrogens is 471 g/mol. The van der Waals surface area contributed by atoms with Crippen LogP contribution in [0.2, 0.25) is 0 Å². The number of ether oxygens (including phenoxy) is 1. The smallest absolute Gasteiger partial charge is 0.191 e. The molecule has 0 bridgehead atoms. The van der Waals surface area contributed by atoms with Crippen LogP contribution in [0, 0.1) is 6.92 Å². The van der Waals surface area contributed by atoms with E-state index >= 15 is 0 Å². The average Bonchev–Trinajstić information content (AvgIpc) is 3.05. The molecule has 2 rings (SSSR count). The van der Waals surface area contributed by atoms with E-state index in [0.717, 1.165) is 44.4 Å². The first-order valence-corrected chi connectivity index (χ1v) is 9.75. The lowest BCUT2D eigenvalue weighted by Crippen LogP contribution is -2.36. The quantitative estimate of drug-likeness (QED) is 0.237. The highest BCUT2D eigenvalue weighted by atomic mass is 127. The molecule has 27 heavy (non-hydrogen) atoms. The van der Waals surface area contributed by atoms with E-state index in [1.54, 1.807) is 18.4 Å². The van der Waals surface area contributed by atoms with Crippen molar-refractivity contribution >= 4 is 41.3 Å². The van der Waals surface area contributed by atoms with Crippen LogP contribution in [0.25, 0.3) is 0 Å². The maximum Gasteiger partial charge on any atom is 0.191 e. The van der Waals surface area contributed by atoms with Gasteiger partial charge in [-0.05, 0) is 57.3 Å². The summed E-state index contributed by atoms with van der Waals surface area (Å²) in [6.07, 6.45) is 1.03. The van der Waals surface area contributed by atoms with Gasteiger partial charge in [-0.25, -0.2) is 0 Å². The first kappa shape index (κ1) is 23.7. The van der Waals surface area contributed by atoms with Crippen LogP contribution in [-0.2, 0) is 13.1 Å². The number of guanidine groups is 1. The van der Waals surface area contributed by atoms with Crippen LogP contribution in [0.4, 0.5) is 0 Å². The second-order valence-electron chi connectivity index (χ2n) is 6.44. The number of rotatable bonds is 9. The molecule has 0 spiro atoms. The molecule has 1 heterocycles. The maximum atomic E-state index is 5.77. The van der Waals surface area contributed by atoms with Crippen LogP contribution in [-0.4, -0.2) is 45.2 Å². The Bertz CT molecular complexity index is 686. The standard InChI is InChI=1S/C20H30N4OS.HI/c1-16-6-11-19(26-16)15-23-20(21-2)22-14-17-7-9-18(10-8-17)25-13-5-12-24(3)4;/h6-11H,5,12-15H2,1-4H3,(H2,21,22,23);1H. The van der Waals surface area contributed by atoms with Crippen LogP contribution in [0.15, 0.2) is 41.4 Å². The van der Waals surface area contributed by atoms with E-state index in [1.807, 2.05) is 12.1 Å². The van der Waals surface area contributed by atoms with Gasteiger partial charge in [0.1, 0.15) is 5.75 Å². The molecule has 0 aliphatic carbocycles. The fraction of sp³-hybridized carbons (Fsp3) is 0.450. The van der Waals surface area contributed by atoms with Crippen LogP contribution in [0.3, 0.4) is 0 Å². The molecule has 7 heteroatoms. The summed E-state index contributed by atoms with van der Waals surface area (Å²) in [6, 6.07) is 12.5. The molecule has 0 saturated carbocycles. The number of halogens is 1.